The Balaban J connectivity index is 1.53. The molecule has 0 radical (unpaired) electrons. The normalized spacial score (nSPS) is 25.2. The van der Waals surface area contributed by atoms with Gasteiger partial charge in [0.1, 0.15) is 11.0 Å². The van der Waals surface area contributed by atoms with Crippen molar-refractivity contribution >= 4 is 45.8 Å². The lowest BCUT2D eigenvalue weighted by molar-refractivity contribution is -0.135. The molecule has 1 aromatic rings. The zero-order valence-corrected chi connectivity index (χ0v) is 19.2. The van der Waals surface area contributed by atoms with Crippen LogP contribution in [-0.2, 0) is 27.2 Å². The molecule has 2 saturated heterocycles. The van der Waals surface area contributed by atoms with Gasteiger partial charge in [0, 0.05) is 37.3 Å². The zero-order chi connectivity index (χ0) is 21.3. The van der Waals surface area contributed by atoms with E-state index < -0.39 is 6.04 Å². The maximum absolute atomic E-state index is 13.2. The van der Waals surface area contributed by atoms with Crippen molar-refractivity contribution in [2.75, 3.05) is 31.3 Å². The lowest BCUT2D eigenvalue weighted by atomic mass is 9.95. The predicted molar refractivity (Wildman–Crippen MR) is 119 cm³/mol. The minimum atomic E-state index is -0.480. The summed E-state index contributed by atoms with van der Waals surface area (Å²) < 4.78 is 5.05. The number of methoxy groups -OCH3 is 1. The van der Waals surface area contributed by atoms with Gasteiger partial charge in [-0.2, -0.15) is 0 Å². The van der Waals surface area contributed by atoms with Crippen LogP contribution in [0.5, 0.6) is 0 Å². The largest absolute Gasteiger partial charge is 0.385 e. The quantitative estimate of drug-likeness (QED) is 0.623. The second-order valence-corrected chi connectivity index (χ2v) is 10.9. The topological polar surface area (TPSA) is 87.7 Å². The van der Waals surface area contributed by atoms with Gasteiger partial charge in [0.2, 0.25) is 11.8 Å². The van der Waals surface area contributed by atoms with E-state index in [2.05, 4.69) is 10.6 Å². The number of aryl methyl sites for hydroxylation is 1. The number of thioether (sulfide) groups is 1. The summed E-state index contributed by atoms with van der Waals surface area (Å²) in [5.74, 6) is 0.318. The summed E-state index contributed by atoms with van der Waals surface area (Å²) in [6, 6.07) is -0.480. The third kappa shape index (κ3) is 3.99. The first kappa shape index (κ1) is 21.6. The first-order valence-corrected chi connectivity index (χ1v) is 12.4. The molecule has 1 aliphatic carbocycles. The van der Waals surface area contributed by atoms with Gasteiger partial charge in [-0.15, -0.1) is 23.1 Å². The predicted octanol–water partition coefficient (Wildman–Crippen LogP) is 2.79. The van der Waals surface area contributed by atoms with Crippen LogP contribution < -0.4 is 10.6 Å². The Morgan fingerprint density at radius 1 is 1.27 bits per heavy atom. The van der Waals surface area contributed by atoms with Gasteiger partial charge in [0.25, 0.3) is 5.91 Å². The van der Waals surface area contributed by atoms with Gasteiger partial charge in [0.05, 0.1) is 10.4 Å². The number of nitrogens with zero attached hydrogens (tertiary/aromatic N) is 1. The maximum atomic E-state index is 13.2. The molecule has 0 spiro atoms. The SMILES string of the molecule is COCCCNC(=O)c1c(NC(=O)C2CSC3(C)CCC(=O)N23)sc2c1CCCC2. The lowest BCUT2D eigenvalue weighted by Gasteiger charge is -2.29. The number of amides is 3. The van der Waals surface area contributed by atoms with E-state index in [1.54, 1.807) is 23.8 Å². The third-order valence-electron chi connectivity index (χ3n) is 6.19. The third-order valence-corrected chi connectivity index (χ3v) is 8.91. The lowest BCUT2D eigenvalue weighted by Crippen LogP contribution is -2.48. The molecule has 2 N–H and O–H groups in total. The van der Waals surface area contributed by atoms with E-state index in [9.17, 15) is 14.4 Å². The number of hydrogen-bond donors (Lipinski definition) is 2. The molecule has 4 rings (SSSR count). The van der Waals surface area contributed by atoms with Crippen LogP contribution in [0.4, 0.5) is 5.00 Å². The highest BCUT2D eigenvalue weighted by atomic mass is 32.2. The standard InChI is InChI=1S/C21H29N3O4S2/c1-21-9-8-16(25)24(21)14(12-29-21)18(26)23-20-17(19(27)22-10-5-11-28-2)13-6-3-4-7-15(13)30-20/h14H,3-12H2,1-2H3,(H,22,27)(H,23,26). The number of carbonyl (C=O) groups is 3. The maximum Gasteiger partial charge on any atom is 0.254 e. The number of carbonyl (C=O) groups excluding carboxylic acids is 3. The Labute approximate surface area is 185 Å². The van der Waals surface area contributed by atoms with Crippen molar-refractivity contribution in [3.8, 4) is 0 Å². The van der Waals surface area contributed by atoms with Gasteiger partial charge in [0.15, 0.2) is 0 Å². The smallest absolute Gasteiger partial charge is 0.254 e. The molecule has 2 unspecified atom stereocenters. The van der Waals surface area contributed by atoms with Crippen molar-refractivity contribution < 1.29 is 19.1 Å². The highest BCUT2D eigenvalue weighted by molar-refractivity contribution is 8.01. The molecule has 9 heteroatoms. The number of hydrogen-bond acceptors (Lipinski definition) is 6. The monoisotopic (exact) mass is 451 g/mol. The number of rotatable bonds is 7. The van der Waals surface area contributed by atoms with E-state index >= 15 is 0 Å². The summed E-state index contributed by atoms with van der Waals surface area (Å²) in [6.07, 6.45) is 5.99. The van der Waals surface area contributed by atoms with E-state index in [-0.39, 0.29) is 22.6 Å². The number of fused-ring (bicyclic) bond motifs is 2. The number of ether oxygens (including phenoxy) is 1. The summed E-state index contributed by atoms with van der Waals surface area (Å²) in [7, 11) is 1.64. The fourth-order valence-corrected chi connectivity index (χ4v) is 7.33. The molecule has 2 atom stereocenters. The van der Waals surface area contributed by atoms with Crippen molar-refractivity contribution in [1.29, 1.82) is 0 Å². The summed E-state index contributed by atoms with van der Waals surface area (Å²) in [6.45, 7) is 3.16. The fraction of sp³-hybridized carbons (Fsp3) is 0.667. The van der Waals surface area contributed by atoms with Crippen LogP contribution in [-0.4, -0.2) is 59.5 Å². The molecule has 2 aliphatic heterocycles. The molecule has 3 amide bonds. The van der Waals surface area contributed by atoms with Crippen LogP contribution in [0.3, 0.4) is 0 Å². The van der Waals surface area contributed by atoms with E-state index in [1.165, 1.54) is 16.2 Å². The average molecular weight is 452 g/mol. The minimum Gasteiger partial charge on any atom is -0.385 e. The Morgan fingerprint density at radius 2 is 2.07 bits per heavy atom. The molecule has 2 fully saturated rings. The van der Waals surface area contributed by atoms with Crippen LogP contribution in [0.1, 0.15) is 59.8 Å². The zero-order valence-electron chi connectivity index (χ0n) is 17.5. The molecule has 3 aliphatic rings. The van der Waals surface area contributed by atoms with Crippen LogP contribution in [0.25, 0.3) is 0 Å². The Bertz CT molecular complexity index is 856. The molecule has 3 heterocycles. The Morgan fingerprint density at radius 3 is 2.87 bits per heavy atom. The Hall–Kier alpha value is -1.58. The number of nitrogens with one attached hydrogen (secondary N) is 2. The first-order valence-electron chi connectivity index (χ1n) is 10.6. The van der Waals surface area contributed by atoms with E-state index in [4.69, 9.17) is 4.74 Å². The van der Waals surface area contributed by atoms with Crippen molar-refractivity contribution in [1.82, 2.24) is 10.2 Å². The molecular weight excluding hydrogens is 422 g/mol. The highest BCUT2D eigenvalue weighted by Gasteiger charge is 2.53. The average Bonchev–Trinajstić information content (AvgIpc) is 3.35. The van der Waals surface area contributed by atoms with Crippen LogP contribution in [0.15, 0.2) is 0 Å². The number of thiophene rings is 1. The van der Waals surface area contributed by atoms with Gasteiger partial charge in [-0.05, 0) is 51.0 Å². The van der Waals surface area contributed by atoms with Gasteiger partial charge < -0.3 is 20.3 Å². The molecule has 0 saturated carbocycles. The van der Waals surface area contributed by atoms with E-state index in [0.29, 0.717) is 35.9 Å². The summed E-state index contributed by atoms with van der Waals surface area (Å²) in [4.78, 5) is 41.2. The van der Waals surface area contributed by atoms with Crippen molar-refractivity contribution in [3.05, 3.63) is 16.0 Å². The first-order chi connectivity index (χ1) is 14.4. The second-order valence-electron chi connectivity index (χ2n) is 8.27. The summed E-state index contributed by atoms with van der Waals surface area (Å²) >= 11 is 3.19. The minimum absolute atomic E-state index is 0.0456. The molecule has 1 aromatic heterocycles. The van der Waals surface area contributed by atoms with Crippen molar-refractivity contribution in [2.24, 2.45) is 0 Å². The summed E-state index contributed by atoms with van der Waals surface area (Å²) in [5, 5.41) is 6.63. The second kappa shape index (κ2) is 8.88. The van der Waals surface area contributed by atoms with Gasteiger partial charge in [-0.3, -0.25) is 14.4 Å². The van der Waals surface area contributed by atoms with Gasteiger partial charge in [-0.25, -0.2) is 0 Å². The van der Waals surface area contributed by atoms with Crippen molar-refractivity contribution in [2.45, 2.75) is 62.8 Å². The molecule has 164 valence electrons. The van der Waals surface area contributed by atoms with E-state index in [0.717, 1.165) is 44.1 Å². The highest BCUT2D eigenvalue weighted by Crippen LogP contribution is 2.47. The van der Waals surface area contributed by atoms with Gasteiger partial charge in [-0.1, -0.05) is 0 Å². The van der Waals surface area contributed by atoms with Crippen molar-refractivity contribution in [3.63, 3.8) is 0 Å². The molecule has 0 aromatic carbocycles. The van der Waals surface area contributed by atoms with Crippen LogP contribution in [0.2, 0.25) is 0 Å². The summed E-state index contributed by atoms with van der Waals surface area (Å²) in [5.41, 5.74) is 1.69. The molecule has 0 bridgehead atoms. The molecule has 30 heavy (non-hydrogen) atoms. The molecule has 7 nitrogen and oxygen atoms in total. The van der Waals surface area contributed by atoms with E-state index in [1.807, 2.05) is 6.92 Å². The van der Waals surface area contributed by atoms with Crippen LogP contribution in [0, 0.1) is 0 Å². The molecular formula is C21H29N3O4S2. The van der Waals surface area contributed by atoms with Gasteiger partial charge >= 0.3 is 0 Å². The Kier molecular flexibility index (Phi) is 6.41. The fourth-order valence-electron chi connectivity index (χ4n) is 4.61. The number of anilines is 1. The van der Waals surface area contributed by atoms with Crippen LogP contribution >= 0.6 is 23.1 Å².